The summed E-state index contributed by atoms with van der Waals surface area (Å²) in [6.07, 6.45) is 11.7. The predicted molar refractivity (Wildman–Crippen MR) is 87.9 cm³/mol. The van der Waals surface area contributed by atoms with Crippen LogP contribution in [0.15, 0.2) is 44.0 Å². The topological polar surface area (TPSA) is 6.48 Å². The standard InChI is InChI=1S/2C9H14N.V/c2*1-8(10(2)3)9-6-4-5-7-9;/h2*4,6,8H,5H2,1-3H3;. The first-order chi connectivity index (χ1) is 9.91. The number of likely N-dealkylation sites (N-methyl/N-ethyl adjacent to an activating group) is 2. The quantitative estimate of drug-likeness (QED) is 0.739. The van der Waals surface area contributed by atoms with Crippen LogP contribution in [0.5, 0.6) is 0 Å². The number of nitrogens with zero attached hydrogens (tertiary/aromatic N) is 2. The van der Waals surface area contributed by atoms with Crippen LogP contribution in [0.25, 0.3) is 0 Å². The number of hydrogen-bond donors (Lipinski definition) is 0. The zero-order valence-corrected chi connectivity index (χ0v) is 15.6. The van der Waals surface area contributed by atoms with Crippen LogP contribution in [0.1, 0.15) is 26.7 Å². The summed E-state index contributed by atoms with van der Waals surface area (Å²) in [6.45, 7) is 4.63. The van der Waals surface area contributed by atoms with Gasteiger partial charge in [0.25, 0.3) is 0 Å². The van der Waals surface area contributed by atoms with Crippen molar-refractivity contribution in [2.75, 3.05) is 28.2 Å². The summed E-state index contributed by atoms with van der Waals surface area (Å²) in [5, 5.41) is 0. The first-order valence-electron chi connectivity index (χ1n) is 7.75. The van der Waals surface area contributed by atoms with E-state index in [1.807, 2.05) is 0 Å². The van der Waals surface area contributed by atoms with Gasteiger partial charge in [0.05, 0.1) is 0 Å². The maximum absolute atomic E-state index is 2.35. The van der Waals surface area contributed by atoms with E-state index < -0.39 is 0 Å². The molecule has 115 valence electrons. The van der Waals surface area contributed by atoms with Gasteiger partial charge < -0.3 is 0 Å². The molecule has 0 aromatic carbocycles. The van der Waals surface area contributed by atoms with Crippen molar-refractivity contribution in [1.29, 1.82) is 0 Å². The third kappa shape index (κ3) is 3.81. The van der Waals surface area contributed by atoms with Gasteiger partial charge in [0.15, 0.2) is 0 Å². The van der Waals surface area contributed by atoms with Gasteiger partial charge in [0, 0.05) is 0 Å². The van der Waals surface area contributed by atoms with E-state index in [-0.39, 0.29) is 16.3 Å². The molecule has 2 unspecified atom stereocenters. The third-order valence-corrected chi connectivity index (χ3v) is 6.82. The van der Waals surface area contributed by atoms with E-state index in [0.717, 1.165) is 0 Å². The van der Waals surface area contributed by atoms with E-state index in [0.29, 0.717) is 12.1 Å². The van der Waals surface area contributed by atoms with E-state index >= 15 is 0 Å². The van der Waals surface area contributed by atoms with E-state index in [1.165, 1.54) is 12.8 Å². The average molecular weight is 323 g/mol. The second-order valence-corrected chi connectivity index (χ2v) is 8.44. The van der Waals surface area contributed by atoms with Crippen molar-refractivity contribution in [3.63, 3.8) is 0 Å². The summed E-state index contributed by atoms with van der Waals surface area (Å²) in [6, 6.07) is 1.05. The average Bonchev–Trinajstić information content (AvgIpc) is 3.06. The van der Waals surface area contributed by atoms with Gasteiger partial charge in [-0.15, -0.1) is 0 Å². The molecule has 0 bridgehead atoms. The minimum atomic E-state index is 0.168. The molecular formula is C18H28N2V. The summed E-state index contributed by atoms with van der Waals surface area (Å²) < 4.78 is 3.41. The molecule has 21 heavy (non-hydrogen) atoms. The van der Waals surface area contributed by atoms with Crippen molar-refractivity contribution < 1.29 is 16.3 Å². The summed E-state index contributed by atoms with van der Waals surface area (Å²) in [5.41, 5.74) is 3.13. The Morgan fingerprint density at radius 1 is 0.810 bits per heavy atom. The van der Waals surface area contributed by atoms with Gasteiger partial charge in [0.1, 0.15) is 0 Å². The number of allylic oxidation sites excluding steroid dienone is 4. The summed E-state index contributed by atoms with van der Waals surface area (Å²) in [5.74, 6) is 0. The molecule has 2 atom stereocenters. The molecule has 0 radical (unpaired) electrons. The fourth-order valence-electron chi connectivity index (χ4n) is 2.72. The van der Waals surface area contributed by atoms with Gasteiger partial charge in [-0.2, -0.15) is 0 Å². The second-order valence-electron chi connectivity index (χ2n) is 6.41. The monoisotopic (exact) mass is 323 g/mol. The summed E-state index contributed by atoms with van der Waals surface area (Å²) in [4.78, 5) is 4.63. The van der Waals surface area contributed by atoms with Crippen LogP contribution in [-0.4, -0.2) is 50.1 Å². The second kappa shape index (κ2) is 7.15. The normalized spacial score (nSPS) is 21.1. The van der Waals surface area contributed by atoms with Crippen molar-refractivity contribution in [2.24, 2.45) is 0 Å². The Morgan fingerprint density at radius 3 is 1.52 bits per heavy atom. The zero-order chi connectivity index (χ0) is 15.6. The van der Waals surface area contributed by atoms with Crippen LogP contribution in [0, 0.1) is 0 Å². The molecule has 0 aliphatic heterocycles. The Labute approximate surface area is 137 Å². The summed E-state index contributed by atoms with van der Waals surface area (Å²) in [7, 11) is 8.70. The molecule has 3 heteroatoms. The van der Waals surface area contributed by atoms with E-state index in [4.69, 9.17) is 0 Å². The Morgan fingerprint density at radius 2 is 1.19 bits per heavy atom. The number of hydrogen-bond acceptors (Lipinski definition) is 2. The fraction of sp³-hybridized carbons (Fsp3) is 0.556. The van der Waals surface area contributed by atoms with Crippen molar-refractivity contribution in [3.8, 4) is 0 Å². The van der Waals surface area contributed by atoms with Crippen molar-refractivity contribution >= 4 is 0 Å². The molecule has 0 aromatic heterocycles. The van der Waals surface area contributed by atoms with Gasteiger partial charge in [-0.25, -0.2) is 0 Å². The molecule has 2 aliphatic carbocycles. The maximum atomic E-state index is 2.35. The molecule has 0 spiro atoms. The van der Waals surface area contributed by atoms with E-state index in [2.05, 4.69) is 76.1 Å². The molecule has 0 fully saturated rings. The third-order valence-electron chi connectivity index (χ3n) is 4.60. The minimum absolute atomic E-state index is 0.168. The number of rotatable bonds is 6. The van der Waals surface area contributed by atoms with Crippen molar-refractivity contribution in [3.05, 3.63) is 44.0 Å². The van der Waals surface area contributed by atoms with E-state index in [9.17, 15) is 0 Å². The van der Waals surface area contributed by atoms with Gasteiger partial charge in [0.2, 0.25) is 0 Å². The first kappa shape index (κ1) is 16.8. The van der Waals surface area contributed by atoms with Crippen LogP contribution >= 0.6 is 0 Å². The molecule has 0 saturated heterocycles. The van der Waals surface area contributed by atoms with Crippen LogP contribution in [0.4, 0.5) is 0 Å². The Balaban J connectivity index is 2.21. The summed E-state index contributed by atoms with van der Waals surface area (Å²) >= 11 is 0.168. The van der Waals surface area contributed by atoms with Crippen molar-refractivity contribution in [2.45, 2.75) is 38.8 Å². The van der Waals surface area contributed by atoms with Crippen LogP contribution in [0.2, 0.25) is 0 Å². The fourth-order valence-corrected chi connectivity index (χ4v) is 5.07. The van der Waals surface area contributed by atoms with Gasteiger partial charge in [-0.3, -0.25) is 0 Å². The molecule has 0 heterocycles. The van der Waals surface area contributed by atoms with E-state index in [1.54, 1.807) is 19.7 Å². The molecule has 2 nitrogen and oxygen atoms in total. The first-order valence-corrected chi connectivity index (χ1v) is 9.15. The predicted octanol–water partition coefficient (Wildman–Crippen LogP) is 3.40. The zero-order valence-electron chi connectivity index (χ0n) is 14.2. The van der Waals surface area contributed by atoms with Crippen LogP contribution < -0.4 is 0 Å². The Kier molecular flexibility index (Phi) is 5.73. The molecular weight excluding hydrogens is 295 g/mol. The Hall–Kier alpha value is -0.536. The Bertz CT molecular complexity index is 463. The molecule has 0 saturated carbocycles. The van der Waals surface area contributed by atoms with Crippen molar-refractivity contribution in [1.82, 2.24) is 9.80 Å². The molecule has 2 rings (SSSR count). The molecule has 0 N–H and O–H groups in total. The van der Waals surface area contributed by atoms with Crippen LogP contribution in [-0.2, 0) is 16.3 Å². The van der Waals surface area contributed by atoms with Gasteiger partial charge in [-0.1, -0.05) is 0 Å². The molecule has 0 aromatic rings. The van der Waals surface area contributed by atoms with Crippen LogP contribution in [0.3, 0.4) is 0 Å². The molecule has 0 amide bonds. The van der Waals surface area contributed by atoms with Gasteiger partial charge in [-0.05, 0) is 0 Å². The SMILES string of the molecule is CC(C1=[C]([V][C]2=C(C(C)N(C)C)C=CC2)CC=C1)N(C)C. The van der Waals surface area contributed by atoms with Gasteiger partial charge >= 0.3 is 137 Å². The molecule has 2 aliphatic rings.